The van der Waals surface area contributed by atoms with Crippen LogP contribution in [0, 0.1) is 6.92 Å². The first kappa shape index (κ1) is 19.8. The lowest BCUT2D eigenvalue weighted by Crippen LogP contribution is -2.31. The first-order chi connectivity index (χ1) is 14.1. The van der Waals surface area contributed by atoms with E-state index in [9.17, 15) is 4.79 Å². The van der Waals surface area contributed by atoms with Crippen molar-refractivity contribution in [1.29, 1.82) is 0 Å². The van der Waals surface area contributed by atoms with Gasteiger partial charge in [-0.05, 0) is 32.3 Å². The fourth-order valence-corrected chi connectivity index (χ4v) is 4.68. The predicted molar refractivity (Wildman–Crippen MR) is 117 cm³/mol. The van der Waals surface area contributed by atoms with E-state index in [1.54, 1.807) is 6.07 Å². The Balaban J connectivity index is 1.44. The zero-order valence-electron chi connectivity index (χ0n) is 16.2. The number of thiazole rings is 1. The highest BCUT2D eigenvalue weighted by molar-refractivity contribution is 7.15. The fraction of sp³-hybridized carbons (Fsp3) is 0.333. The SMILES string of the molecule is Cc1nc(-c2ccccc2Cl)sc1CNC(=O)c1cc(N2CCCCC2)ncn1. The van der Waals surface area contributed by atoms with Crippen molar-refractivity contribution in [2.45, 2.75) is 32.7 Å². The molecule has 0 saturated carbocycles. The maximum Gasteiger partial charge on any atom is 0.270 e. The molecule has 6 nitrogen and oxygen atoms in total. The summed E-state index contributed by atoms with van der Waals surface area (Å²) in [5.74, 6) is 0.609. The number of halogens is 1. The smallest absolute Gasteiger partial charge is 0.270 e. The average Bonchev–Trinajstić information content (AvgIpc) is 3.13. The summed E-state index contributed by atoms with van der Waals surface area (Å²) < 4.78 is 0. The van der Waals surface area contributed by atoms with Gasteiger partial charge in [-0.3, -0.25) is 4.79 Å². The second-order valence-corrected chi connectivity index (χ2v) is 8.49. The molecular weight excluding hydrogens is 406 g/mol. The zero-order chi connectivity index (χ0) is 20.2. The van der Waals surface area contributed by atoms with Crippen molar-refractivity contribution in [3.05, 3.63) is 57.9 Å². The molecule has 1 aromatic carbocycles. The van der Waals surface area contributed by atoms with Crippen LogP contribution in [0.3, 0.4) is 0 Å². The van der Waals surface area contributed by atoms with Gasteiger partial charge in [0.2, 0.25) is 0 Å². The highest BCUT2D eigenvalue weighted by Crippen LogP contribution is 2.32. The van der Waals surface area contributed by atoms with Crippen molar-refractivity contribution in [3.63, 3.8) is 0 Å². The van der Waals surface area contributed by atoms with E-state index in [0.717, 1.165) is 52.9 Å². The maximum absolute atomic E-state index is 12.6. The summed E-state index contributed by atoms with van der Waals surface area (Å²) in [6.07, 6.45) is 5.03. The van der Waals surface area contributed by atoms with Crippen LogP contribution >= 0.6 is 22.9 Å². The molecule has 8 heteroatoms. The van der Waals surface area contributed by atoms with Gasteiger partial charge in [-0.1, -0.05) is 29.8 Å². The number of benzene rings is 1. The second kappa shape index (κ2) is 8.88. The Labute approximate surface area is 179 Å². The van der Waals surface area contributed by atoms with Crippen molar-refractivity contribution >= 4 is 34.7 Å². The lowest BCUT2D eigenvalue weighted by molar-refractivity contribution is 0.0946. The van der Waals surface area contributed by atoms with Gasteiger partial charge in [0.25, 0.3) is 5.91 Å². The summed E-state index contributed by atoms with van der Waals surface area (Å²) in [4.78, 5) is 29.0. The van der Waals surface area contributed by atoms with Gasteiger partial charge < -0.3 is 10.2 Å². The lowest BCUT2D eigenvalue weighted by atomic mass is 10.1. The Kier molecular flexibility index (Phi) is 6.06. The maximum atomic E-state index is 12.6. The minimum absolute atomic E-state index is 0.210. The summed E-state index contributed by atoms with van der Waals surface area (Å²) >= 11 is 7.82. The summed E-state index contributed by atoms with van der Waals surface area (Å²) in [7, 11) is 0. The van der Waals surface area contributed by atoms with E-state index in [0.29, 0.717) is 17.3 Å². The number of rotatable bonds is 5. The van der Waals surface area contributed by atoms with Crippen LogP contribution < -0.4 is 10.2 Å². The third-order valence-electron chi connectivity index (χ3n) is 4.97. The van der Waals surface area contributed by atoms with Gasteiger partial charge >= 0.3 is 0 Å². The van der Waals surface area contributed by atoms with Crippen molar-refractivity contribution in [1.82, 2.24) is 20.3 Å². The van der Waals surface area contributed by atoms with Crippen molar-refractivity contribution < 1.29 is 4.79 Å². The molecule has 29 heavy (non-hydrogen) atoms. The number of aryl methyl sites for hydroxylation is 1. The molecule has 1 N–H and O–H groups in total. The number of hydrogen-bond donors (Lipinski definition) is 1. The van der Waals surface area contributed by atoms with Crippen LogP contribution in [0.2, 0.25) is 5.02 Å². The van der Waals surface area contributed by atoms with Crippen molar-refractivity contribution in [3.8, 4) is 10.6 Å². The standard InChI is InChI=1S/C21H22ClN5OS/c1-14-18(29-21(26-14)15-7-3-4-8-16(15)22)12-23-20(28)17-11-19(25-13-24-17)27-9-5-2-6-10-27/h3-4,7-8,11,13H,2,5-6,9-10,12H2,1H3,(H,23,28). The van der Waals surface area contributed by atoms with Gasteiger partial charge in [-0.15, -0.1) is 11.3 Å². The van der Waals surface area contributed by atoms with Crippen molar-refractivity contribution in [2.75, 3.05) is 18.0 Å². The van der Waals surface area contributed by atoms with Gasteiger partial charge in [0, 0.05) is 29.6 Å². The van der Waals surface area contributed by atoms with Gasteiger partial charge in [-0.2, -0.15) is 0 Å². The molecule has 1 saturated heterocycles. The van der Waals surface area contributed by atoms with Crippen LogP contribution in [0.1, 0.15) is 40.3 Å². The Hall–Kier alpha value is -2.51. The predicted octanol–water partition coefficient (Wildman–Crippen LogP) is 4.48. The molecule has 0 aliphatic carbocycles. The number of hydrogen-bond acceptors (Lipinski definition) is 6. The topological polar surface area (TPSA) is 71.0 Å². The van der Waals surface area contributed by atoms with Crippen LogP contribution in [0.4, 0.5) is 5.82 Å². The molecule has 150 valence electrons. The summed E-state index contributed by atoms with van der Waals surface area (Å²) in [5, 5.41) is 4.48. The fourth-order valence-electron chi connectivity index (χ4n) is 3.36. The van der Waals surface area contributed by atoms with E-state index in [1.807, 2.05) is 31.2 Å². The molecule has 0 unspecified atom stereocenters. The number of carbonyl (C=O) groups is 1. The van der Waals surface area contributed by atoms with Crippen LogP contribution in [-0.4, -0.2) is 33.9 Å². The Bertz CT molecular complexity index is 1020. The largest absolute Gasteiger partial charge is 0.357 e. The third-order valence-corrected chi connectivity index (χ3v) is 6.49. The van der Waals surface area contributed by atoms with E-state index < -0.39 is 0 Å². The molecule has 1 aliphatic heterocycles. The van der Waals surface area contributed by atoms with E-state index in [4.69, 9.17) is 11.6 Å². The number of anilines is 1. The van der Waals surface area contributed by atoms with E-state index in [1.165, 1.54) is 24.1 Å². The van der Waals surface area contributed by atoms with Crippen molar-refractivity contribution in [2.24, 2.45) is 0 Å². The molecule has 1 aliphatic rings. The molecule has 4 rings (SSSR count). The molecule has 0 radical (unpaired) electrons. The Morgan fingerprint density at radius 2 is 2.00 bits per heavy atom. The number of carbonyl (C=O) groups excluding carboxylic acids is 1. The molecule has 1 fully saturated rings. The minimum atomic E-state index is -0.210. The van der Waals surface area contributed by atoms with E-state index >= 15 is 0 Å². The monoisotopic (exact) mass is 427 g/mol. The van der Waals surface area contributed by atoms with Crippen LogP contribution in [-0.2, 0) is 6.54 Å². The molecule has 1 amide bonds. The molecule has 3 aromatic rings. The van der Waals surface area contributed by atoms with Crippen LogP contribution in [0.5, 0.6) is 0 Å². The van der Waals surface area contributed by atoms with Gasteiger partial charge in [0.1, 0.15) is 22.8 Å². The molecule has 0 spiro atoms. The van der Waals surface area contributed by atoms with Gasteiger partial charge in [-0.25, -0.2) is 15.0 Å². The number of amides is 1. The lowest BCUT2D eigenvalue weighted by Gasteiger charge is -2.27. The summed E-state index contributed by atoms with van der Waals surface area (Å²) in [5.41, 5.74) is 2.18. The normalized spacial score (nSPS) is 14.1. The van der Waals surface area contributed by atoms with Crippen LogP contribution in [0.25, 0.3) is 10.6 Å². The highest BCUT2D eigenvalue weighted by Gasteiger charge is 2.17. The van der Waals surface area contributed by atoms with Crippen LogP contribution in [0.15, 0.2) is 36.7 Å². The quantitative estimate of drug-likeness (QED) is 0.649. The van der Waals surface area contributed by atoms with E-state index in [2.05, 4.69) is 25.2 Å². The first-order valence-electron chi connectivity index (χ1n) is 9.68. The Morgan fingerprint density at radius 1 is 1.21 bits per heavy atom. The second-order valence-electron chi connectivity index (χ2n) is 7.00. The molecule has 3 heterocycles. The van der Waals surface area contributed by atoms with Gasteiger partial charge in [0.15, 0.2) is 0 Å². The number of piperidine rings is 1. The molecular formula is C21H22ClN5OS. The van der Waals surface area contributed by atoms with Gasteiger partial charge in [0.05, 0.1) is 17.3 Å². The number of nitrogens with one attached hydrogen (secondary N) is 1. The number of nitrogens with zero attached hydrogens (tertiary/aromatic N) is 4. The summed E-state index contributed by atoms with van der Waals surface area (Å²) in [6.45, 7) is 4.29. The molecule has 0 bridgehead atoms. The third kappa shape index (κ3) is 4.57. The number of aromatic nitrogens is 3. The molecule has 0 atom stereocenters. The summed E-state index contributed by atoms with van der Waals surface area (Å²) in [6, 6.07) is 9.41. The first-order valence-corrected chi connectivity index (χ1v) is 10.9. The van der Waals surface area contributed by atoms with E-state index in [-0.39, 0.29) is 5.91 Å². The zero-order valence-corrected chi connectivity index (χ0v) is 17.8. The minimum Gasteiger partial charge on any atom is -0.357 e. The molecule has 2 aromatic heterocycles. The average molecular weight is 428 g/mol. The highest BCUT2D eigenvalue weighted by atomic mass is 35.5. The Morgan fingerprint density at radius 3 is 2.79 bits per heavy atom.